The van der Waals surface area contributed by atoms with Gasteiger partial charge in [0.2, 0.25) is 0 Å². The average Bonchev–Trinajstić information content (AvgIpc) is 2.67. The van der Waals surface area contributed by atoms with Gasteiger partial charge < -0.3 is 14.5 Å². The Labute approximate surface area is 165 Å². The number of nitrogens with one attached hydrogen (secondary N) is 1. The SMILES string of the molecule is COc1ccc(-c2cc(-c3ccc(Br)cc3)[nH]c(=S)c2C#N)cc1OC. The van der Waals surface area contributed by atoms with Crippen molar-refractivity contribution in [1.82, 2.24) is 4.98 Å². The third kappa shape index (κ3) is 3.50. The fourth-order valence-corrected chi connectivity index (χ4v) is 3.22. The van der Waals surface area contributed by atoms with Gasteiger partial charge in [0.1, 0.15) is 10.7 Å². The van der Waals surface area contributed by atoms with Crippen LogP contribution in [0, 0.1) is 16.0 Å². The van der Waals surface area contributed by atoms with Gasteiger partial charge in [0.25, 0.3) is 0 Å². The minimum Gasteiger partial charge on any atom is -0.493 e. The van der Waals surface area contributed by atoms with Crippen LogP contribution in [0.4, 0.5) is 0 Å². The summed E-state index contributed by atoms with van der Waals surface area (Å²) in [7, 11) is 3.17. The number of hydrogen-bond acceptors (Lipinski definition) is 4. The molecule has 3 aromatic rings. The van der Waals surface area contributed by atoms with Crippen LogP contribution < -0.4 is 9.47 Å². The Balaban J connectivity index is 2.22. The van der Waals surface area contributed by atoms with Gasteiger partial charge in [-0.15, -0.1) is 0 Å². The fraction of sp³-hybridized carbons (Fsp3) is 0.100. The van der Waals surface area contributed by atoms with Gasteiger partial charge in [-0.25, -0.2) is 0 Å². The quantitative estimate of drug-likeness (QED) is 0.541. The molecule has 0 aliphatic rings. The van der Waals surface area contributed by atoms with Gasteiger partial charge in [0.05, 0.1) is 19.8 Å². The molecule has 0 aliphatic heterocycles. The topological polar surface area (TPSA) is 58.0 Å². The Bertz CT molecular complexity index is 1050. The Morgan fingerprint density at radius 2 is 1.62 bits per heavy atom. The van der Waals surface area contributed by atoms with Crippen LogP contribution in [0.1, 0.15) is 5.56 Å². The first-order valence-electron chi connectivity index (χ1n) is 7.73. The molecule has 2 aromatic carbocycles. The molecule has 130 valence electrons. The highest BCUT2D eigenvalue weighted by atomic mass is 79.9. The lowest BCUT2D eigenvalue weighted by molar-refractivity contribution is 0.355. The minimum absolute atomic E-state index is 0.401. The molecule has 0 amide bonds. The molecule has 0 spiro atoms. The summed E-state index contributed by atoms with van der Waals surface area (Å²) in [6.45, 7) is 0. The van der Waals surface area contributed by atoms with Crippen molar-refractivity contribution >= 4 is 28.1 Å². The van der Waals surface area contributed by atoms with Crippen LogP contribution in [0.2, 0.25) is 0 Å². The van der Waals surface area contributed by atoms with E-state index in [-0.39, 0.29) is 0 Å². The Hall–Kier alpha value is -2.62. The van der Waals surface area contributed by atoms with Crippen molar-refractivity contribution in [3.63, 3.8) is 0 Å². The van der Waals surface area contributed by atoms with Gasteiger partial charge in [-0.3, -0.25) is 0 Å². The number of rotatable bonds is 4. The highest BCUT2D eigenvalue weighted by Gasteiger charge is 2.13. The van der Waals surface area contributed by atoms with E-state index in [0.717, 1.165) is 26.9 Å². The molecular weight excluding hydrogens is 412 g/mol. The monoisotopic (exact) mass is 426 g/mol. The molecule has 0 saturated heterocycles. The number of benzene rings is 2. The molecule has 1 heterocycles. The Kier molecular flexibility index (Phi) is 5.40. The first-order chi connectivity index (χ1) is 12.6. The van der Waals surface area contributed by atoms with Crippen molar-refractivity contribution in [2.45, 2.75) is 0 Å². The second kappa shape index (κ2) is 7.73. The third-order valence-electron chi connectivity index (χ3n) is 3.99. The number of H-pyrrole nitrogens is 1. The molecule has 0 fully saturated rings. The summed E-state index contributed by atoms with van der Waals surface area (Å²) in [5.74, 6) is 1.22. The second-order valence-electron chi connectivity index (χ2n) is 5.49. The number of ether oxygens (including phenoxy) is 2. The summed E-state index contributed by atoms with van der Waals surface area (Å²) in [5, 5.41) is 9.59. The predicted octanol–water partition coefficient (Wildman–Crippen LogP) is 5.73. The summed E-state index contributed by atoms with van der Waals surface area (Å²) >= 11 is 8.85. The van der Waals surface area contributed by atoms with Gasteiger partial charge in [-0.1, -0.05) is 46.3 Å². The van der Waals surface area contributed by atoms with Gasteiger partial charge in [0.15, 0.2) is 11.5 Å². The third-order valence-corrected chi connectivity index (χ3v) is 4.83. The summed E-state index contributed by atoms with van der Waals surface area (Å²) in [6, 6.07) is 17.6. The van der Waals surface area contributed by atoms with Crippen LogP contribution in [-0.2, 0) is 0 Å². The first kappa shape index (κ1) is 18.2. The first-order valence-corrected chi connectivity index (χ1v) is 8.93. The van der Waals surface area contributed by atoms with Crippen LogP contribution in [0.15, 0.2) is 53.0 Å². The average molecular weight is 427 g/mol. The number of pyridine rings is 1. The lowest BCUT2D eigenvalue weighted by Gasteiger charge is -2.12. The number of aromatic amines is 1. The zero-order valence-corrected chi connectivity index (χ0v) is 16.6. The summed E-state index contributed by atoms with van der Waals surface area (Å²) < 4.78 is 12.1. The lowest BCUT2D eigenvalue weighted by atomic mass is 9.99. The number of nitriles is 1. The van der Waals surface area contributed by atoms with E-state index >= 15 is 0 Å². The Morgan fingerprint density at radius 3 is 2.23 bits per heavy atom. The van der Waals surface area contributed by atoms with Crippen molar-refractivity contribution in [3.05, 3.63) is 63.2 Å². The zero-order valence-electron chi connectivity index (χ0n) is 14.2. The van der Waals surface area contributed by atoms with E-state index in [4.69, 9.17) is 21.7 Å². The van der Waals surface area contributed by atoms with Crippen molar-refractivity contribution in [3.8, 4) is 40.0 Å². The maximum Gasteiger partial charge on any atom is 0.161 e. The smallest absolute Gasteiger partial charge is 0.161 e. The number of aromatic nitrogens is 1. The van der Waals surface area contributed by atoms with E-state index in [1.165, 1.54) is 0 Å². The highest BCUT2D eigenvalue weighted by Crippen LogP contribution is 2.35. The maximum absolute atomic E-state index is 9.59. The van der Waals surface area contributed by atoms with Gasteiger partial charge in [0, 0.05) is 15.7 Å². The molecular formula is C20H15BrN2O2S. The standard InChI is InChI=1S/C20H15BrN2O2S/c1-24-18-8-5-13(9-19(18)25-2)15-10-17(23-20(26)16(15)11-22)12-3-6-14(21)7-4-12/h3-10H,1-2H3,(H,23,26). The van der Waals surface area contributed by atoms with Gasteiger partial charge >= 0.3 is 0 Å². The van der Waals surface area contributed by atoms with Crippen LogP contribution in [0.5, 0.6) is 11.5 Å². The van der Waals surface area contributed by atoms with E-state index in [1.807, 2.05) is 48.5 Å². The maximum atomic E-state index is 9.59. The molecule has 0 aliphatic carbocycles. The molecule has 1 N–H and O–H groups in total. The van der Waals surface area contributed by atoms with Crippen LogP contribution >= 0.6 is 28.1 Å². The van der Waals surface area contributed by atoms with E-state index in [2.05, 4.69) is 27.0 Å². The van der Waals surface area contributed by atoms with Crippen LogP contribution in [0.3, 0.4) is 0 Å². The van der Waals surface area contributed by atoms with Gasteiger partial charge in [-0.05, 0) is 41.5 Å². The van der Waals surface area contributed by atoms with Crippen molar-refractivity contribution < 1.29 is 9.47 Å². The summed E-state index contributed by atoms with van der Waals surface area (Å²) in [6.07, 6.45) is 0. The molecule has 0 atom stereocenters. The molecule has 0 bridgehead atoms. The molecule has 3 rings (SSSR count). The lowest BCUT2D eigenvalue weighted by Crippen LogP contribution is -1.95. The van der Waals surface area contributed by atoms with E-state index in [0.29, 0.717) is 21.7 Å². The molecule has 0 saturated carbocycles. The molecule has 6 heteroatoms. The van der Waals surface area contributed by atoms with E-state index < -0.39 is 0 Å². The fourth-order valence-electron chi connectivity index (χ4n) is 2.69. The predicted molar refractivity (Wildman–Crippen MR) is 108 cm³/mol. The van der Waals surface area contributed by atoms with Crippen LogP contribution in [0.25, 0.3) is 22.4 Å². The molecule has 0 unspecified atom stereocenters. The number of nitrogens with zero attached hydrogens (tertiary/aromatic N) is 1. The van der Waals surface area contributed by atoms with Gasteiger partial charge in [-0.2, -0.15) is 5.26 Å². The van der Waals surface area contributed by atoms with Crippen molar-refractivity contribution in [2.24, 2.45) is 0 Å². The second-order valence-corrected chi connectivity index (χ2v) is 6.81. The molecule has 1 aromatic heterocycles. The summed E-state index contributed by atoms with van der Waals surface area (Å²) in [4.78, 5) is 3.14. The van der Waals surface area contributed by atoms with Crippen molar-refractivity contribution in [1.29, 1.82) is 5.26 Å². The number of hydrogen-bond donors (Lipinski definition) is 1. The zero-order chi connectivity index (χ0) is 18.7. The van der Waals surface area contributed by atoms with E-state index in [1.54, 1.807) is 14.2 Å². The normalized spacial score (nSPS) is 10.2. The summed E-state index contributed by atoms with van der Waals surface area (Å²) in [5.41, 5.74) is 3.82. The van der Waals surface area contributed by atoms with Crippen molar-refractivity contribution in [2.75, 3.05) is 14.2 Å². The van der Waals surface area contributed by atoms with Crippen LogP contribution in [-0.4, -0.2) is 19.2 Å². The molecule has 4 nitrogen and oxygen atoms in total. The Morgan fingerprint density at radius 1 is 0.962 bits per heavy atom. The highest BCUT2D eigenvalue weighted by molar-refractivity contribution is 9.10. The van der Waals surface area contributed by atoms with E-state index in [9.17, 15) is 5.26 Å². The molecule has 26 heavy (non-hydrogen) atoms. The minimum atomic E-state index is 0.401. The molecule has 0 radical (unpaired) electrons. The number of methoxy groups -OCH3 is 2. The largest absolute Gasteiger partial charge is 0.493 e. The number of halogens is 1.